The summed E-state index contributed by atoms with van der Waals surface area (Å²) in [5.74, 6) is 2.82. The quantitative estimate of drug-likeness (QED) is 0.262. The van der Waals surface area contributed by atoms with E-state index in [1.807, 2.05) is 24.3 Å². The van der Waals surface area contributed by atoms with Gasteiger partial charge in [-0.15, -0.1) is 0 Å². The topological polar surface area (TPSA) is 71.1 Å². The lowest BCUT2D eigenvalue weighted by molar-refractivity contribution is 0.111. The highest BCUT2D eigenvalue weighted by atomic mass is 16.5. The minimum atomic E-state index is 0.493. The summed E-state index contributed by atoms with van der Waals surface area (Å²) in [5.41, 5.74) is 1.24. The summed E-state index contributed by atoms with van der Waals surface area (Å²) in [6, 6.07) is 21.5. The number of para-hydroxylation sites is 2. The van der Waals surface area contributed by atoms with E-state index in [0.29, 0.717) is 61.9 Å². The number of ether oxygens (including phenoxy) is 4. The first kappa shape index (κ1) is 22.9. The highest BCUT2D eigenvalue weighted by molar-refractivity contribution is 5.75. The van der Waals surface area contributed by atoms with Crippen molar-refractivity contribution >= 4 is 12.6 Å². The lowest BCUT2D eigenvalue weighted by Crippen LogP contribution is -2.08. The van der Waals surface area contributed by atoms with Gasteiger partial charge in [0.2, 0.25) is 0 Å². The van der Waals surface area contributed by atoms with Crippen LogP contribution in [0, 0.1) is 0 Å². The van der Waals surface area contributed by atoms with E-state index in [1.54, 1.807) is 48.5 Å². The van der Waals surface area contributed by atoms with E-state index >= 15 is 0 Å². The second-order valence-electron chi connectivity index (χ2n) is 6.92. The van der Waals surface area contributed by atoms with E-state index < -0.39 is 0 Å². The molecule has 0 radical (unpaired) electrons. The molecule has 0 heterocycles. The molecule has 3 aromatic rings. The first-order valence-corrected chi connectivity index (χ1v) is 10.5. The van der Waals surface area contributed by atoms with E-state index in [2.05, 4.69) is 0 Å². The molecule has 0 unspecified atom stereocenters. The van der Waals surface area contributed by atoms with Crippen LogP contribution in [-0.4, -0.2) is 39.0 Å². The lowest BCUT2D eigenvalue weighted by atomic mass is 10.2. The number of hydrogen-bond acceptors (Lipinski definition) is 6. The van der Waals surface area contributed by atoms with E-state index in [-0.39, 0.29) is 0 Å². The zero-order chi connectivity index (χ0) is 22.4. The smallest absolute Gasteiger partial charge is 0.161 e. The van der Waals surface area contributed by atoms with Gasteiger partial charge in [-0.2, -0.15) is 0 Å². The molecule has 0 aromatic heterocycles. The summed E-state index contributed by atoms with van der Waals surface area (Å²) >= 11 is 0. The lowest BCUT2D eigenvalue weighted by Gasteiger charge is -2.13. The van der Waals surface area contributed by atoms with Gasteiger partial charge >= 0.3 is 0 Å². The predicted molar refractivity (Wildman–Crippen MR) is 121 cm³/mol. The summed E-state index contributed by atoms with van der Waals surface area (Å²) < 4.78 is 23.0. The zero-order valence-corrected chi connectivity index (χ0v) is 17.8. The van der Waals surface area contributed by atoms with Crippen molar-refractivity contribution in [1.29, 1.82) is 0 Å². The molecule has 0 aliphatic rings. The summed E-state index contributed by atoms with van der Waals surface area (Å²) in [5, 5.41) is 0. The average Bonchev–Trinajstić information content (AvgIpc) is 2.85. The molecule has 0 fully saturated rings. The van der Waals surface area contributed by atoms with Gasteiger partial charge in [-0.25, -0.2) is 0 Å². The van der Waals surface area contributed by atoms with Gasteiger partial charge < -0.3 is 18.9 Å². The fourth-order valence-electron chi connectivity index (χ4n) is 2.84. The van der Waals surface area contributed by atoms with Crippen molar-refractivity contribution in [3.05, 3.63) is 83.9 Å². The number of rotatable bonds is 14. The van der Waals surface area contributed by atoms with Crippen LogP contribution < -0.4 is 18.9 Å². The van der Waals surface area contributed by atoms with Crippen LogP contribution in [0.1, 0.15) is 33.6 Å². The van der Waals surface area contributed by atoms with Crippen LogP contribution in [-0.2, 0) is 0 Å². The highest BCUT2D eigenvalue weighted by Gasteiger charge is 2.05. The molecule has 0 bridgehead atoms. The average molecular weight is 434 g/mol. The molecular formula is C26H26O6. The highest BCUT2D eigenvalue weighted by Crippen LogP contribution is 2.26. The monoisotopic (exact) mass is 434 g/mol. The van der Waals surface area contributed by atoms with Gasteiger partial charge in [0.15, 0.2) is 11.5 Å². The largest absolute Gasteiger partial charge is 0.493 e. The van der Waals surface area contributed by atoms with Crippen molar-refractivity contribution in [3.8, 4) is 23.0 Å². The molecule has 0 saturated heterocycles. The Hall–Kier alpha value is -3.80. The summed E-state index contributed by atoms with van der Waals surface area (Å²) in [6.07, 6.45) is 3.03. The van der Waals surface area contributed by atoms with Gasteiger partial charge in [0.05, 0.1) is 26.4 Å². The third kappa shape index (κ3) is 7.47. The van der Waals surface area contributed by atoms with Crippen LogP contribution in [0.25, 0.3) is 0 Å². The molecular weight excluding hydrogens is 408 g/mol. The molecule has 0 atom stereocenters. The van der Waals surface area contributed by atoms with Crippen molar-refractivity contribution < 1.29 is 28.5 Å². The van der Waals surface area contributed by atoms with Crippen LogP contribution in [0.5, 0.6) is 23.0 Å². The number of carbonyl (C=O) groups is 2. The Morgan fingerprint density at radius 3 is 1.25 bits per heavy atom. The molecule has 0 aliphatic carbocycles. The Labute approximate surface area is 187 Å². The Morgan fingerprint density at radius 2 is 0.875 bits per heavy atom. The molecule has 6 nitrogen and oxygen atoms in total. The normalized spacial score (nSPS) is 10.2. The molecule has 166 valence electrons. The van der Waals surface area contributed by atoms with Crippen LogP contribution in [0.15, 0.2) is 72.8 Å². The van der Waals surface area contributed by atoms with Crippen LogP contribution in [0.3, 0.4) is 0 Å². The summed E-state index contributed by atoms with van der Waals surface area (Å²) in [7, 11) is 0. The molecule has 0 spiro atoms. The van der Waals surface area contributed by atoms with Gasteiger partial charge in [0.1, 0.15) is 24.1 Å². The molecule has 32 heavy (non-hydrogen) atoms. The van der Waals surface area contributed by atoms with Crippen LogP contribution in [0.4, 0.5) is 0 Å². The van der Waals surface area contributed by atoms with Crippen molar-refractivity contribution in [2.75, 3.05) is 26.4 Å². The van der Waals surface area contributed by atoms with E-state index in [4.69, 9.17) is 18.9 Å². The molecule has 0 aliphatic heterocycles. The van der Waals surface area contributed by atoms with Crippen LogP contribution >= 0.6 is 0 Å². The Kier molecular flexibility index (Phi) is 9.15. The first-order valence-electron chi connectivity index (χ1n) is 10.5. The minimum absolute atomic E-state index is 0.493. The van der Waals surface area contributed by atoms with Gasteiger partial charge in [0, 0.05) is 24.0 Å². The fraction of sp³-hybridized carbons (Fsp3) is 0.231. The van der Waals surface area contributed by atoms with E-state index in [0.717, 1.165) is 24.1 Å². The second-order valence-corrected chi connectivity index (χ2v) is 6.92. The Bertz CT molecular complexity index is 886. The maximum absolute atomic E-state index is 10.7. The SMILES string of the molecule is O=Cc1ccc(OCCCOc2ccccc2OCCCOc2ccc(C=O)cc2)cc1. The maximum atomic E-state index is 10.7. The molecule has 0 N–H and O–H groups in total. The second kappa shape index (κ2) is 12.8. The maximum Gasteiger partial charge on any atom is 0.161 e. The predicted octanol–water partition coefficient (Wildman–Crippen LogP) is 5.01. The summed E-state index contributed by atoms with van der Waals surface area (Å²) in [6.45, 7) is 2.00. The molecule has 3 rings (SSSR count). The number of aldehydes is 2. The van der Waals surface area contributed by atoms with Gasteiger partial charge in [0.25, 0.3) is 0 Å². The number of carbonyl (C=O) groups excluding carboxylic acids is 2. The van der Waals surface area contributed by atoms with Gasteiger partial charge in [-0.05, 0) is 60.7 Å². The van der Waals surface area contributed by atoms with Crippen molar-refractivity contribution in [2.45, 2.75) is 12.8 Å². The fourth-order valence-corrected chi connectivity index (χ4v) is 2.84. The zero-order valence-electron chi connectivity index (χ0n) is 17.8. The minimum Gasteiger partial charge on any atom is -0.493 e. The number of hydrogen-bond donors (Lipinski definition) is 0. The Balaban J connectivity index is 1.33. The third-order valence-electron chi connectivity index (χ3n) is 4.51. The van der Waals surface area contributed by atoms with Crippen molar-refractivity contribution in [1.82, 2.24) is 0 Å². The van der Waals surface area contributed by atoms with E-state index in [1.165, 1.54) is 0 Å². The van der Waals surface area contributed by atoms with Crippen LogP contribution in [0.2, 0.25) is 0 Å². The molecule has 6 heteroatoms. The van der Waals surface area contributed by atoms with E-state index in [9.17, 15) is 9.59 Å². The molecule has 3 aromatic carbocycles. The standard InChI is InChI=1S/C26H26O6/c27-19-21-7-11-23(12-8-21)29-15-3-17-31-25-5-1-2-6-26(25)32-18-4-16-30-24-13-9-22(20-28)10-14-24/h1-2,5-14,19-20H,3-4,15-18H2. The summed E-state index contributed by atoms with van der Waals surface area (Å²) in [4.78, 5) is 21.3. The molecule has 0 saturated carbocycles. The van der Waals surface area contributed by atoms with Gasteiger partial charge in [-0.1, -0.05) is 12.1 Å². The van der Waals surface area contributed by atoms with Gasteiger partial charge in [-0.3, -0.25) is 9.59 Å². The Morgan fingerprint density at radius 1 is 0.500 bits per heavy atom. The van der Waals surface area contributed by atoms with Crippen molar-refractivity contribution in [2.24, 2.45) is 0 Å². The first-order chi connectivity index (χ1) is 15.8. The molecule has 0 amide bonds. The number of benzene rings is 3. The third-order valence-corrected chi connectivity index (χ3v) is 4.51. The van der Waals surface area contributed by atoms with Crippen molar-refractivity contribution in [3.63, 3.8) is 0 Å².